The molecule has 0 radical (unpaired) electrons. The summed E-state index contributed by atoms with van der Waals surface area (Å²) in [4.78, 5) is 21.3. The Labute approximate surface area is 286 Å². The molecule has 1 aliphatic heterocycles. The number of alkyl halides is 3. The molecule has 1 aliphatic rings. The van der Waals surface area contributed by atoms with Crippen LogP contribution < -0.4 is 15.8 Å². The zero-order valence-electron chi connectivity index (χ0n) is 26.7. The van der Waals surface area contributed by atoms with Crippen LogP contribution in [0, 0.1) is 0 Å². The van der Waals surface area contributed by atoms with Crippen molar-refractivity contribution in [2.45, 2.75) is 19.3 Å². The van der Waals surface area contributed by atoms with Crippen LogP contribution in [0.4, 0.5) is 24.8 Å². The third-order valence-electron chi connectivity index (χ3n) is 8.19. The first kappa shape index (κ1) is 34.1. The predicted octanol–water partition coefficient (Wildman–Crippen LogP) is 5.84. The van der Waals surface area contributed by atoms with E-state index in [1.807, 2.05) is 35.2 Å². The molecular formula is C34H35ClF3N9O2. The Morgan fingerprint density at radius 3 is 2.51 bits per heavy atom. The first-order valence-corrected chi connectivity index (χ1v) is 16.0. The number of pyridine rings is 1. The number of hydrogen-bond acceptors (Lipinski definition) is 10. The van der Waals surface area contributed by atoms with Crippen LogP contribution in [0.1, 0.15) is 22.4 Å². The summed E-state index contributed by atoms with van der Waals surface area (Å²) in [5.41, 5.74) is 7.67. The third kappa shape index (κ3) is 8.28. The summed E-state index contributed by atoms with van der Waals surface area (Å²) in [5, 5.41) is 3.18. The lowest BCUT2D eigenvalue weighted by molar-refractivity contribution is -0.138. The van der Waals surface area contributed by atoms with Crippen LogP contribution in [-0.4, -0.2) is 73.6 Å². The lowest BCUT2D eigenvalue weighted by atomic mass is 10.0. The van der Waals surface area contributed by atoms with Crippen LogP contribution in [-0.2, 0) is 31.1 Å². The second-order valence-corrected chi connectivity index (χ2v) is 11.9. The molecule has 3 aromatic heterocycles. The summed E-state index contributed by atoms with van der Waals surface area (Å²) in [7, 11) is 1.67. The monoisotopic (exact) mass is 693 g/mol. The highest BCUT2D eigenvalue weighted by Crippen LogP contribution is 2.37. The van der Waals surface area contributed by atoms with Crippen molar-refractivity contribution in [1.82, 2.24) is 34.3 Å². The fourth-order valence-corrected chi connectivity index (χ4v) is 5.87. The van der Waals surface area contributed by atoms with Crippen molar-refractivity contribution < 1.29 is 22.6 Å². The average molecular weight is 694 g/mol. The zero-order valence-corrected chi connectivity index (χ0v) is 27.5. The molecule has 3 N–H and O–H groups in total. The Morgan fingerprint density at radius 2 is 1.80 bits per heavy atom. The maximum atomic E-state index is 14.3. The number of fused-ring (bicyclic) bond motifs is 1. The lowest BCUT2D eigenvalue weighted by Gasteiger charge is -2.35. The summed E-state index contributed by atoms with van der Waals surface area (Å²) >= 11 is 6.69. The molecule has 0 unspecified atom stereocenters. The number of nitrogens with two attached hydrogens (primary N) is 1. The smallest absolute Gasteiger partial charge is 0.416 e. The fourth-order valence-electron chi connectivity index (χ4n) is 5.57. The van der Waals surface area contributed by atoms with Gasteiger partial charge in [-0.15, -0.1) is 0 Å². The van der Waals surface area contributed by atoms with Crippen LogP contribution in [0.5, 0.6) is 5.75 Å². The summed E-state index contributed by atoms with van der Waals surface area (Å²) in [6.07, 6.45) is 2.56. The number of halogens is 4. The molecule has 256 valence electrons. The van der Waals surface area contributed by atoms with E-state index in [1.54, 1.807) is 17.7 Å². The Kier molecular flexibility index (Phi) is 10.6. The molecular weight excluding hydrogens is 659 g/mol. The largest absolute Gasteiger partial charge is 0.450 e. The molecule has 6 rings (SSSR count). The van der Waals surface area contributed by atoms with Gasteiger partial charge in [0.25, 0.3) is 0 Å². The Bertz CT molecular complexity index is 1900. The molecule has 49 heavy (non-hydrogen) atoms. The van der Waals surface area contributed by atoms with Gasteiger partial charge in [0.15, 0.2) is 17.2 Å². The summed E-state index contributed by atoms with van der Waals surface area (Å²) in [5.74, 6) is 0.643. The second-order valence-electron chi connectivity index (χ2n) is 11.5. The van der Waals surface area contributed by atoms with E-state index >= 15 is 0 Å². The highest BCUT2D eigenvalue weighted by molar-refractivity contribution is 6.36. The van der Waals surface area contributed by atoms with Gasteiger partial charge in [0.1, 0.15) is 16.2 Å². The van der Waals surface area contributed by atoms with Crippen LogP contribution in [0.15, 0.2) is 79.5 Å². The molecule has 11 nitrogen and oxygen atoms in total. The van der Waals surface area contributed by atoms with Gasteiger partial charge in [-0.05, 0) is 23.3 Å². The first-order valence-electron chi connectivity index (χ1n) is 15.6. The number of piperazine rings is 1. The van der Waals surface area contributed by atoms with Gasteiger partial charge in [-0.25, -0.2) is 9.97 Å². The molecule has 0 amide bonds. The van der Waals surface area contributed by atoms with Gasteiger partial charge in [0, 0.05) is 70.6 Å². The van der Waals surface area contributed by atoms with Gasteiger partial charge in [-0.1, -0.05) is 48.0 Å². The van der Waals surface area contributed by atoms with E-state index in [9.17, 15) is 13.2 Å². The van der Waals surface area contributed by atoms with E-state index in [4.69, 9.17) is 26.8 Å². The number of nitrogens with zero attached hydrogens (tertiary/aromatic N) is 7. The van der Waals surface area contributed by atoms with E-state index in [0.717, 1.165) is 31.3 Å². The summed E-state index contributed by atoms with van der Waals surface area (Å²) in [6, 6.07) is 14.2. The van der Waals surface area contributed by atoms with Crippen molar-refractivity contribution in [3.63, 3.8) is 0 Å². The van der Waals surface area contributed by atoms with Crippen molar-refractivity contribution >= 4 is 40.2 Å². The van der Waals surface area contributed by atoms with Gasteiger partial charge in [-0.2, -0.15) is 18.2 Å². The number of rotatable bonds is 12. The van der Waals surface area contributed by atoms with Gasteiger partial charge in [-0.3, -0.25) is 14.8 Å². The molecule has 0 aliphatic carbocycles. The fraction of sp³-hybridized carbons (Fsp3) is 0.294. The minimum atomic E-state index is -4.55. The number of hydrogen-bond donors (Lipinski definition) is 2. The van der Waals surface area contributed by atoms with Crippen molar-refractivity contribution in [2.75, 3.05) is 44.6 Å². The topological polar surface area (TPSA) is 119 Å². The van der Waals surface area contributed by atoms with Gasteiger partial charge < -0.3 is 25.1 Å². The number of imidazole rings is 1. The van der Waals surface area contributed by atoms with Crippen molar-refractivity contribution in [3.8, 4) is 5.75 Å². The predicted molar refractivity (Wildman–Crippen MR) is 181 cm³/mol. The number of aryl methyl sites for hydroxylation is 1. The van der Waals surface area contributed by atoms with E-state index in [1.165, 1.54) is 37.1 Å². The molecule has 0 spiro atoms. The molecule has 4 heterocycles. The highest BCUT2D eigenvalue weighted by atomic mass is 35.5. The van der Waals surface area contributed by atoms with Crippen molar-refractivity contribution in [1.29, 1.82) is 0 Å². The summed E-state index contributed by atoms with van der Waals surface area (Å²) in [6.45, 7) is 4.97. The first-order chi connectivity index (χ1) is 23.7. The van der Waals surface area contributed by atoms with Gasteiger partial charge in [0.05, 0.1) is 31.2 Å². The van der Waals surface area contributed by atoms with Crippen molar-refractivity contribution in [2.24, 2.45) is 12.8 Å². The Hall–Kier alpha value is -4.76. The second kappa shape index (κ2) is 15.2. The molecule has 1 fully saturated rings. The maximum absolute atomic E-state index is 14.3. The normalized spacial score (nSPS) is 14.8. The lowest BCUT2D eigenvalue weighted by Crippen LogP contribution is -2.46. The number of benzene rings is 2. The molecule has 1 saturated heterocycles. The van der Waals surface area contributed by atoms with E-state index < -0.39 is 11.7 Å². The summed E-state index contributed by atoms with van der Waals surface area (Å²) < 4.78 is 56.3. The molecule has 2 aromatic carbocycles. The van der Waals surface area contributed by atoms with Crippen LogP contribution in [0.3, 0.4) is 0 Å². The maximum Gasteiger partial charge on any atom is 0.416 e. The van der Waals surface area contributed by atoms with E-state index in [-0.39, 0.29) is 45.9 Å². The van der Waals surface area contributed by atoms with Crippen LogP contribution in [0.25, 0.3) is 16.9 Å². The Morgan fingerprint density at radius 1 is 1.02 bits per heavy atom. The minimum absolute atomic E-state index is 0.183. The molecule has 0 bridgehead atoms. The van der Waals surface area contributed by atoms with Crippen LogP contribution >= 0.6 is 11.6 Å². The molecule has 0 saturated carbocycles. The standard InChI is InChI=1S/C34H35ClF3N9O2/c1-45-31-30(35)29(49-28(18-39)27-19-40-9-10-41-27)20-42-32(31)44-33(45)43-25-8-7-24(26(17-25)34(36,37)38)21-47-13-11-46(12-14-47)15-16-48-22-23-5-3-2-4-6-23/h2-10,17-20H,11-16,21-22,39H2,1H3,(H,42,43,44). The average Bonchev–Trinajstić information content (AvgIpc) is 3.43. The number of aromatic nitrogens is 5. The third-order valence-corrected chi connectivity index (χ3v) is 8.55. The van der Waals surface area contributed by atoms with Gasteiger partial charge in [0.2, 0.25) is 5.95 Å². The number of ether oxygens (including phenoxy) is 2. The zero-order chi connectivity index (χ0) is 34.4. The molecule has 15 heteroatoms. The Balaban J connectivity index is 1.10. The van der Waals surface area contributed by atoms with Crippen molar-refractivity contribution in [3.05, 3.63) is 107 Å². The highest BCUT2D eigenvalue weighted by Gasteiger charge is 2.34. The minimum Gasteiger partial charge on any atom is -0.450 e. The molecule has 0 atom stereocenters. The quantitative estimate of drug-likeness (QED) is 0.122. The van der Waals surface area contributed by atoms with Gasteiger partial charge >= 0.3 is 6.18 Å². The van der Waals surface area contributed by atoms with Crippen LogP contribution in [0.2, 0.25) is 5.02 Å². The number of nitrogens with one attached hydrogen (secondary N) is 1. The SMILES string of the molecule is Cn1c(Nc2ccc(CN3CCN(CCOCc4ccccc4)CC3)c(C(F)(F)F)c2)nc2ncc(OC(=CN)c3cnccn3)c(Cl)c21. The van der Waals surface area contributed by atoms with E-state index in [2.05, 4.69) is 30.2 Å². The molecule has 5 aromatic rings. The van der Waals surface area contributed by atoms with E-state index in [0.29, 0.717) is 37.5 Å². The number of anilines is 2.